The molecule has 2 aromatic carbocycles. The van der Waals surface area contributed by atoms with Crippen molar-refractivity contribution in [3.8, 4) is 0 Å². The van der Waals surface area contributed by atoms with Crippen LogP contribution in [-0.2, 0) is 16.2 Å². The van der Waals surface area contributed by atoms with Gasteiger partial charge in [0, 0.05) is 37.8 Å². The molecule has 0 bridgehead atoms. The molecule has 0 radical (unpaired) electrons. The Bertz CT molecular complexity index is 1130. The highest BCUT2D eigenvalue weighted by atomic mass is 32.2. The molecule has 3 rings (SSSR count). The van der Waals surface area contributed by atoms with Crippen LogP contribution >= 0.6 is 0 Å². The summed E-state index contributed by atoms with van der Waals surface area (Å²) >= 11 is 0. The van der Waals surface area contributed by atoms with Crippen LogP contribution in [0.3, 0.4) is 0 Å². The number of para-hydroxylation sites is 1. The first-order valence-electron chi connectivity index (χ1n) is 8.82. The summed E-state index contributed by atoms with van der Waals surface area (Å²) in [6, 6.07) is 6.70. The van der Waals surface area contributed by atoms with Gasteiger partial charge in [-0.25, -0.2) is 12.8 Å². The molecule has 1 aliphatic heterocycles. The monoisotopic (exact) mass is 461 g/mol. The van der Waals surface area contributed by atoms with E-state index in [-0.39, 0.29) is 31.7 Å². The summed E-state index contributed by atoms with van der Waals surface area (Å²) in [7, 11) is -4.23. The number of rotatable bonds is 4. The molecular formula is C18H15F4N3O5S. The summed E-state index contributed by atoms with van der Waals surface area (Å²) in [6.07, 6.45) is -4.97. The molecule has 1 aliphatic rings. The van der Waals surface area contributed by atoms with Gasteiger partial charge >= 0.3 is 6.18 Å². The van der Waals surface area contributed by atoms with Gasteiger partial charge in [0.2, 0.25) is 10.0 Å². The second-order valence-electron chi connectivity index (χ2n) is 6.61. The van der Waals surface area contributed by atoms with Crippen molar-refractivity contribution in [1.82, 2.24) is 9.21 Å². The Morgan fingerprint density at radius 3 is 2.23 bits per heavy atom. The molecule has 13 heteroatoms. The summed E-state index contributed by atoms with van der Waals surface area (Å²) < 4.78 is 78.7. The van der Waals surface area contributed by atoms with E-state index in [2.05, 4.69) is 0 Å². The zero-order valence-electron chi connectivity index (χ0n) is 15.7. The minimum absolute atomic E-state index is 0.155. The third kappa shape index (κ3) is 4.51. The van der Waals surface area contributed by atoms with Crippen molar-refractivity contribution >= 4 is 21.6 Å². The van der Waals surface area contributed by atoms with Crippen LogP contribution in [0.5, 0.6) is 0 Å². The minimum atomic E-state index is -4.97. The number of nitro groups is 1. The number of sulfonamides is 1. The predicted molar refractivity (Wildman–Crippen MR) is 99.2 cm³/mol. The molecule has 1 saturated heterocycles. The van der Waals surface area contributed by atoms with E-state index in [0.29, 0.717) is 12.1 Å². The molecule has 0 spiro atoms. The highest BCUT2D eigenvalue weighted by Crippen LogP contribution is 2.32. The topological polar surface area (TPSA) is 101 Å². The van der Waals surface area contributed by atoms with Gasteiger partial charge in [-0.3, -0.25) is 14.9 Å². The van der Waals surface area contributed by atoms with E-state index in [4.69, 9.17) is 0 Å². The molecular weight excluding hydrogens is 446 g/mol. The molecule has 1 amide bonds. The van der Waals surface area contributed by atoms with Crippen LogP contribution in [-0.4, -0.2) is 54.6 Å². The molecule has 0 N–H and O–H groups in total. The average molecular weight is 461 g/mol. The zero-order chi connectivity index (χ0) is 23.0. The number of hydrogen-bond acceptors (Lipinski definition) is 5. The molecule has 1 heterocycles. The van der Waals surface area contributed by atoms with Crippen molar-refractivity contribution in [2.45, 2.75) is 11.1 Å². The summed E-state index contributed by atoms with van der Waals surface area (Å²) in [6.45, 7) is -0.740. The lowest BCUT2D eigenvalue weighted by atomic mass is 10.1. The molecule has 0 aliphatic carbocycles. The van der Waals surface area contributed by atoms with E-state index in [1.807, 2.05) is 0 Å². The lowest BCUT2D eigenvalue weighted by molar-refractivity contribution is -0.387. The standard InChI is InChI=1S/C18H15F4N3O5S/c19-14-6-5-12(11-13(14)18(20,21)22)17(26)23-7-9-24(10-8-23)31(29,30)16-4-2-1-3-15(16)25(27)28/h1-6,11H,7-10H2. The largest absolute Gasteiger partial charge is 0.419 e. The van der Waals surface area contributed by atoms with E-state index in [0.717, 1.165) is 27.4 Å². The first kappa shape index (κ1) is 22.6. The van der Waals surface area contributed by atoms with Crippen molar-refractivity contribution in [3.63, 3.8) is 0 Å². The van der Waals surface area contributed by atoms with Gasteiger partial charge in [0.1, 0.15) is 5.82 Å². The van der Waals surface area contributed by atoms with Gasteiger partial charge in [-0.2, -0.15) is 17.5 Å². The number of benzene rings is 2. The van der Waals surface area contributed by atoms with Crippen LogP contribution in [0.1, 0.15) is 15.9 Å². The number of amides is 1. The van der Waals surface area contributed by atoms with Gasteiger partial charge in [-0.15, -0.1) is 0 Å². The zero-order valence-corrected chi connectivity index (χ0v) is 16.5. The molecule has 0 unspecified atom stereocenters. The van der Waals surface area contributed by atoms with Crippen LogP contribution in [0.25, 0.3) is 0 Å². The van der Waals surface area contributed by atoms with Crippen LogP contribution in [0.4, 0.5) is 23.2 Å². The van der Waals surface area contributed by atoms with E-state index >= 15 is 0 Å². The maximum absolute atomic E-state index is 13.4. The summed E-state index contributed by atoms with van der Waals surface area (Å²) in [5, 5.41) is 11.1. The van der Waals surface area contributed by atoms with Crippen molar-refractivity contribution in [2.24, 2.45) is 0 Å². The van der Waals surface area contributed by atoms with Gasteiger partial charge in [0.05, 0.1) is 10.5 Å². The Morgan fingerprint density at radius 1 is 1.03 bits per heavy atom. The number of nitro benzene ring substituents is 1. The highest BCUT2D eigenvalue weighted by molar-refractivity contribution is 7.89. The molecule has 31 heavy (non-hydrogen) atoms. The molecule has 166 valence electrons. The van der Waals surface area contributed by atoms with Gasteiger partial charge in [-0.1, -0.05) is 12.1 Å². The number of hydrogen-bond donors (Lipinski definition) is 0. The Hall–Kier alpha value is -3.06. The third-order valence-electron chi connectivity index (χ3n) is 4.72. The van der Waals surface area contributed by atoms with Crippen LogP contribution in [0.15, 0.2) is 47.4 Å². The molecule has 0 atom stereocenters. The fraction of sp³-hybridized carbons (Fsp3) is 0.278. The number of alkyl halides is 3. The first-order valence-corrected chi connectivity index (χ1v) is 10.3. The van der Waals surface area contributed by atoms with E-state index < -0.39 is 49.0 Å². The molecule has 1 fully saturated rings. The van der Waals surface area contributed by atoms with Gasteiger partial charge in [0.25, 0.3) is 11.6 Å². The first-order chi connectivity index (χ1) is 14.4. The SMILES string of the molecule is O=C(c1ccc(F)c(C(F)(F)F)c1)N1CCN(S(=O)(=O)c2ccccc2[N+](=O)[O-])CC1. The summed E-state index contributed by atoms with van der Waals surface area (Å²) in [5.41, 5.74) is -2.55. The number of carbonyl (C=O) groups is 1. The molecule has 0 saturated carbocycles. The number of carbonyl (C=O) groups excluding carboxylic acids is 1. The quantitative estimate of drug-likeness (QED) is 0.396. The second-order valence-corrected chi connectivity index (χ2v) is 8.52. The minimum Gasteiger partial charge on any atom is -0.336 e. The maximum Gasteiger partial charge on any atom is 0.419 e. The van der Waals surface area contributed by atoms with Crippen molar-refractivity contribution in [3.05, 3.63) is 69.5 Å². The number of nitrogens with zero attached hydrogens (tertiary/aromatic N) is 3. The fourth-order valence-corrected chi connectivity index (χ4v) is 4.73. The maximum atomic E-state index is 13.4. The molecule has 0 aromatic heterocycles. The van der Waals surface area contributed by atoms with E-state index in [1.54, 1.807) is 0 Å². The Balaban J connectivity index is 1.77. The second kappa shape index (κ2) is 8.23. The Labute approximate surface area is 173 Å². The molecule has 2 aromatic rings. The molecule has 8 nitrogen and oxygen atoms in total. The van der Waals surface area contributed by atoms with Crippen LogP contribution in [0.2, 0.25) is 0 Å². The van der Waals surface area contributed by atoms with Gasteiger partial charge < -0.3 is 4.90 Å². The fourth-order valence-electron chi connectivity index (χ4n) is 3.15. The summed E-state index contributed by atoms with van der Waals surface area (Å²) in [4.78, 5) is 23.5. The van der Waals surface area contributed by atoms with E-state index in [1.165, 1.54) is 12.1 Å². The normalized spacial score (nSPS) is 15.7. The predicted octanol–water partition coefficient (Wildman–Crippen LogP) is 2.90. The average Bonchev–Trinajstić information content (AvgIpc) is 2.73. The lowest BCUT2D eigenvalue weighted by Gasteiger charge is -2.34. The number of piperazine rings is 1. The van der Waals surface area contributed by atoms with Crippen molar-refractivity contribution in [2.75, 3.05) is 26.2 Å². The lowest BCUT2D eigenvalue weighted by Crippen LogP contribution is -2.50. The third-order valence-corrected chi connectivity index (χ3v) is 6.67. The number of halogens is 4. The van der Waals surface area contributed by atoms with Crippen LogP contribution in [0, 0.1) is 15.9 Å². The van der Waals surface area contributed by atoms with Crippen molar-refractivity contribution in [1.29, 1.82) is 0 Å². The Morgan fingerprint density at radius 2 is 1.65 bits per heavy atom. The van der Waals surface area contributed by atoms with E-state index in [9.17, 15) is 40.9 Å². The Kier molecular flexibility index (Phi) is 6.00. The van der Waals surface area contributed by atoms with Gasteiger partial charge in [-0.05, 0) is 24.3 Å². The smallest absolute Gasteiger partial charge is 0.336 e. The van der Waals surface area contributed by atoms with Gasteiger partial charge in [0.15, 0.2) is 4.90 Å². The summed E-state index contributed by atoms with van der Waals surface area (Å²) in [5.74, 6) is -2.32. The van der Waals surface area contributed by atoms with Crippen molar-refractivity contribution < 1.29 is 35.7 Å². The highest BCUT2D eigenvalue weighted by Gasteiger charge is 2.37. The van der Waals surface area contributed by atoms with Crippen LogP contribution < -0.4 is 0 Å².